The molecule has 1 fully saturated rings. The summed E-state index contributed by atoms with van der Waals surface area (Å²) in [5.74, 6) is 0.552. The van der Waals surface area contributed by atoms with E-state index in [0.29, 0.717) is 67.1 Å². The number of rotatable bonds is 6. The van der Waals surface area contributed by atoms with E-state index in [4.69, 9.17) is 21.3 Å². The fourth-order valence-electron chi connectivity index (χ4n) is 4.61. The molecule has 1 aromatic carbocycles. The molecule has 12 heteroatoms. The number of amides is 1. The van der Waals surface area contributed by atoms with E-state index in [0.717, 1.165) is 28.8 Å². The van der Waals surface area contributed by atoms with Crippen LogP contribution in [0.2, 0.25) is 5.02 Å². The number of anilines is 2. The zero-order valence-corrected chi connectivity index (χ0v) is 22.2. The molecule has 0 radical (unpaired) electrons. The van der Waals surface area contributed by atoms with E-state index < -0.39 is 0 Å². The summed E-state index contributed by atoms with van der Waals surface area (Å²) in [7, 11) is 0. The zero-order chi connectivity index (χ0) is 25.2. The predicted molar refractivity (Wildman–Crippen MR) is 143 cm³/mol. The van der Waals surface area contributed by atoms with Crippen LogP contribution in [-0.4, -0.2) is 64.5 Å². The second kappa shape index (κ2) is 10.7. The molecule has 0 bridgehead atoms. The number of carbonyl (C=O) groups excluding carboxylic acids is 1. The first-order chi connectivity index (χ1) is 17.5. The predicted octanol–water partition coefficient (Wildman–Crippen LogP) is 2.72. The first-order valence-electron chi connectivity index (χ1n) is 12.0. The van der Waals surface area contributed by atoms with Crippen LogP contribution in [0.4, 0.5) is 11.4 Å². The minimum absolute atomic E-state index is 0.0429. The molecular weight excluding hydrogens is 550 g/mol. The highest BCUT2D eigenvalue weighted by Gasteiger charge is 2.26. The number of aromatic nitrogens is 4. The third kappa shape index (κ3) is 4.93. The van der Waals surface area contributed by atoms with Crippen molar-refractivity contribution in [3.8, 4) is 0 Å². The van der Waals surface area contributed by atoms with Gasteiger partial charge in [-0.3, -0.25) is 9.59 Å². The molecule has 36 heavy (non-hydrogen) atoms. The van der Waals surface area contributed by atoms with Crippen LogP contribution in [0.5, 0.6) is 0 Å². The Bertz CT molecular complexity index is 1390. The standard InChI is InChI=1S/C24H27BrClN7O3/c1-2-19-21(31-9-7-27-8-10-31)23(35)33-24(29-22(30-33)15-5-11-36-12-6-15)32(19)14-20(34)28-18-4-3-16(25)13-17(18)26/h3-5,13,27H,2,6-12,14H2,1H3,(H,28,34). The summed E-state index contributed by atoms with van der Waals surface area (Å²) >= 11 is 9.70. The van der Waals surface area contributed by atoms with Gasteiger partial charge in [0.2, 0.25) is 11.7 Å². The Morgan fingerprint density at radius 2 is 2.11 bits per heavy atom. The number of fused-ring (bicyclic) bond motifs is 1. The van der Waals surface area contributed by atoms with Gasteiger partial charge in [0.05, 0.1) is 29.6 Å². The van der Waals surface area contributed by atoms with Crippen LogP contribution in [0.1, 0.15) is 24.9 Å². The van der Waals surface area contributed by atoms with E-state index in [1.165, 1.54) is 4.52 Å². The van der Waals surface area contributed by atoms with E-state index >= 15 is 0 Å². The van der Waals surface area contributed by atoms with Gasteiger partial charge >= 0.3 is 0 Å². The highest BCUT2D eigenvalue weighted by Crippen LogP contribution is 2.26. The topological polar surface area (TPSA) is 106 Å². The highest BCUT2D eigenvalue weighted by molar-refractivity contribution is 9.10. The Hall–Kier alpha value is -2.73. The largest absolute Gasteiger partial charge is 0.377 e. The number of halogens is 2. The van der Waals surface area contributed by atoms with Crippen LogP contribution in [0, 0.1) is 0 Å². The molecule has 0 atom stereocenters. The second-order valence-corrected chi connectivity index (χ2v) is 9.97. The van der Waals surface area contributed by atoms with Gasteiger partial charge < -0.3 is 24.8 Å². The van der Waals surface area contributed by atoms with Crippen LogP contribution in [0.15, 0.2) is 33.5 Å². The number of benzene rings is 1. The van der Waals surface area contributed by atoms with E-state index in [1.807, 2.05) is 19.1 Å². The molecule has 0 aliphatic carbocycles. The number of piperazine rings is 1. The lowest BCUT2D eigenvalue weighted by molar-refractivity contribution is -0.116. The molecule has 4 heterocycles. The summed E-state index contributed by atoms with van der Waals surface area (Å²) in [6.07, 6.45) is 3.16. The number of ether oxygens (including phenoxy) is 1. The van der Waals surface area contributed by atoms with Gasteiger partial charge in [-0.05, 0) is 36.6 Å². The Balaban J connectivity index is 1.61. The summed E-state index contributed by atoms with van der Waals surface area (Å²) in [6.45, 7) is 5.94. The smallest absolute Gasteiger partial charge is 0.299 e. The lowest BCUT2D eigenvalue weighted by Crippen LogP contribution is -2.47. The zero-order valence-electron chi connectivity index (χ0n) is 19.9. The molecule has 0 spiro atoms. The fourth-order valence-corrected chi connectivity index (χ4v) is 5.33. The molecule has 2 aromatic heterocycles. The Morgan fingerprint density at radius 1 is 1.31 bits per heavy atom. The molecule has 1 amide bonds. The minimum atomic E-state index is -0.277. The molecule has 5 rings (SSSR count). The molecule has 3 aromatic rings. The molecule has 2 aliphatic rings. The lowest BCUT2D eigenvalue weighted by Gasteiger charge is -2.31. The van der Waals surface area contributed by atoms with Gasteiger partial charge in [-0.15, -0.1) is 5.10 Å². The number of hydrogen-bond acceptors (Lipinski definition) is 7. The van der Waals surface area contributed by atoms with Crippen molar-refractivity contribution in [3.63, 3.8) is 0 Å². The van der Waals surface area contributed by atoms with E-state index in [2.05, 4.69) is 36.6 Å². The molecule has 0 saturated carbocycles. The third-order valence-electron chi connectivity index (χ3n) is 6.35. The molecule has 2 aliphatic heterocycles. The SMILES string of the molecule is CCc1c(N2CCNCC2)c(=O)n2nc(C3=CCOCC3)nc2n1CC(=O)Nc1ccc(Br)cc1Cl. The first-order valence-corrected chi connectivity index (χ1v) is 13.1. The summed E-state index contributed by atoms with van der Waals surface area (Å²) in [5, 5.41) is 11.2. The van der Waals surface area contributed by atoms with Crippen LogP contribution >= 0.6 is 27.5 Å². The number of nitrogens with zero attached hydrogens (tertiary/aromatic N) is 5. The van der Waals surface area contributed by atoms with Crippen molar-refractivity contribution in [2.24, 2.45) is 0 Å². The second-order valence-electron chi connectivity index (χ2n) is 8.65. The van der Waals surface area contributed by atoms with Gasteiger partial charge in [-0.2, -0.15) is 9.50 Å². The third-order valence-corrected chi connectivity index (χ3v) is 7.16. The number of hydrogen-bond donors (Lipinski definition) is 2. The van der Waals surface area contributed by atoms with Crippen molar-refractivity contribution in [2.45, 2.75) is 26.3 Å². The summed E-state index contributed by atoms with van der Waals surface area (Å²) in [6, 6.07) is 5.28. The van der Waals surface area contributed by atoms with Crippen molar-refractivity contribution >= 4 is 56.2 Å². The number of nitrogens with one attached hydrogen (secondary N) is 2. The Kier molecular flexibility index (Phi) is 7.42. The minimum Gasteiger partial charge on any atom is -0.377 e. The van der Waals surface area contributed by atoms with Gasteiger partial charge in [-0.1, -0.05) is 40.5 Å². The maximum atomic E-state index is 13.7. The molecule has 10 nitrogen and oxygen atoms in total. The Morgan fingerprint density at radius 3 is 2.81 bits per heavy atom. The van der Waals surface area contributed by atoms with Crippen molar-refractivity contribution in [1.29, 1.82) is 0 Å². The maximum absolute atomic E-state index is 13.7. The van der Waals surface area contributed by atoms with Crippen molar-refractivity contribution in [1.82, 2.24) is 24.5 Å². The van der Waals surface area contributed by atoms with Gasteiger partial charge in [0, 0.05) is 30.7 Å². The Labute approximate surface area is 221 Å². The van der Waals surface area contributed by atoms with Crippen molar-refractivity contribution < 1.29 is 9.53 Å². The summed E-state index contributed by atoms with van der Waals surface area (Å²) < 4.78 is 9.38. The molecule has 2 N–H and O–H groups in total. The molecular formula is C24H27BrClN7O3. The van der Waals surface area contributed by atoms with Gasteiger partial charge in [0.25, 0.3) is 5.56 Å². The lowest BCUT2D eigenvalue weighted by atomic mass is 10.1. The average Bonchev–Trinajstić information content (AvgIpc) is 3.34. The quantitative estimate of drug-likeness (QED) is 0.465. The normalized spacial score (nSPS) is 16.3. The monoisotopic (exact) mass is 575 g/mol. The van der Waals surface area contributed by atoms with Crippen molar-refractivity contribution in [2.75, 3.05) is 49.6 Å². The highest BCUT2D eigenvalue weighted by atomic mass is 79.9. The van der Waals surface area contributed by atoms with E-state index in [9.17, 15) is 9.59 Å². The average molecular weight is 577 g/mol. The maximum Gasteiger partial charge on any atom is 0.299 e. The molecule has 1 saturated heterocycles. The summed E-state index contributed by atoms with van der Waals surface area (Å²) in [5.41, 5.74) is 2.55. The summed E-state index contributed by atoms with van der Waals surface area (Å²) in [4.78, 5) is 33.8. The number of carbonyl (C=O) groups is 1. The van der Waals surface area contributed by atoms with E-state index in [-0.39, 0.29) is 18.0 Å². The molecule has 0 unspecified atom stereocenters. The van der Waals surface area contributed by atoms with Gasteiger partial charge in [-0.25, -0.2) is 0 Å². The first kappa shape index (κ1) is 24.9. The van der Waals surface area contributed by atoms with Crippen LogP contribution < -0.4 is 21.1 Å². The van der Waals surface area contributed by atoms with Crippen molar-refractivity contribution in [3.05, 3.63) is 55.6 Å². The fraction of sp³-hybridized carbons (Fsp3) is 0.417. The van der Waals surface area contributed by atoms with E-state index in [1.54, 1.807) is 16.7 Å². The van der Waals surface area contributed by atoms with Crippen LogP contribution in [0.3, 0.4) is 0 Å². The van der Waals surface area contributed by atoms with Crippen LogP contribution in [-0.2, 0) is 22.5 Å². The van der Waals surface area contributed by atoms with Crippen LogP contribution in [0.25, 0.3) is 11.4 Å². The van der Waals surface area contributed by atoms with Gasteiger partial charge in [0.1, 0.15) is 12.2 Å². The molecule has 190 valence electrons. The van der Waals surface area contributed by atoms with Gasteiger partial charge in [0.15, 0.2) is 5.82 Å².